The minimum Gasteiger partial charge on any atom is -0.267 e. The van der Waals surface area contributed by atoms with Gasteiger partial charge in [0.1, 0.15) is 0 Å². The van der Waals surface area contributed by atoms with Crippen LogP contribution >= 0.6 is 11.6 Å². The minimum absolute atomic E-state index is 0.0795. The SMILES string of the molecule is Cc1cc(Cl)c(C)nc1-n1nc(C)c(C(C)(F)F)cc1=O. The highest BCUT2D eigenvalue weighted by atomic mass is 35.5. The highest BCUT2D eigenvalue weighted by Crippen LogP contribution is 2.27. The number of hydrogen-bond acceptors (Lipinski definition) is 3. The van der Waals surface area contributed by atoms with E-state index in [0.717, 1.165) is 17.7 Å². The Morgan fingerprint density at radius 3 is 2.38 bits per heavy atom. The first-order valence-corrected chi connectivity index (χ1v) is 6.62. The molecule has 0 unspecified atom stereocenters. The van der Waals surface area contributed by atoms with Crippen LogP contribution < -0.4 is 5.56 Å². The van der Waals surface area contributed by atoms with Crippen LogP contribution in [0.3, 0.4) is 0 Å². The Hall–Kier alpha value is -1.82. The van der Waals surface area contributed by atoms with E-state index in [1.54, 1.807) is 19.9 Å². The summed E-state index contributed by atoms with van der Waals surface area (Å²) in [5.41, 5.74) is 0.210. The van der Waals surface area contributed by atoms with Gasteiger partial charge in [0.2, 0.25) is 0 Å². The van der Waals surface area contributed by atoms with E-state index in [-0.39, 0.29) is 17.1 Å². The lowest BCUT2D eigenvalue weighted by Gasteiger charge is -2.15. The summed E-state index contributed by atoms with van der Waals surface area (Å²) in [5.74, 6) is -2.83. The van der Waals surface area contributed by atoms with E-state index in [2.05, 4.69) is 10.1 Å². The Labute approximate surface area is 125 Å². The Balaban J connectivity index is 2.70. The van der Waals surface area contributed by atoms with Crippen LogP contribution in [0.25, 0.3) is 5.82 Å². The van der Waals surface area contributed by atoms with E-state index in [1.807, 2.05) is 0 Å². The molecule has 0 aliphatic heterocycles. The van der Waals surface area contributed by atoms with Crippen LogP contribution in [0.5, 0.6) is 0 Å². The second-order valence-corrected chi connectivity index (χ2v) is 5.39. The van der Waals surface area contributed by atoms with Crippen molar-refractivity contribution in [2.24, 2.45) is 0 Å². The number of nitrogens with zero attached hydrogens (tertiary/aromatic N) is 3. The van der Waals surface area contributed by atoms with Crippen molar-refractivity contribution >= 4 is 11.6 Å². The number of aryl methyl sites for hydroxylation is 3. The third-order valence-electron chi connectivity index (χ3n) is 3.11. The lowest BCUT2D eigenvalue weighted by atomic mass is 10.1. The van der Waals surface area contributed by atoms with Gasteiger partial charge < -0.3 is 0 Å². The van der Waals surface area contributed by atoms with Crippen LogP contribution in [0.4, 0.5) is 8.78 Å². The Bertz CT molecular complexity index is 766. The van der Waals surface area contributed by atoms with Crippen molar-refractivity contribution in [2.45, 2.75) is 33.6 Å². The van der Waals surface area contributed by atoms with Gasteiger partial charge in [-0.1, -0.05) is 11.6 Å². The van der Waals surface area contributed by atoms with Crippen molar-refractivity contribution in [1.82, 2.24) is 14.8 Å². The number of halogens is 3. The molecule has 0 saturated heterocycles. The molecule has 0 amide bonds. The summed E-state index contributed by atoms with van der Waals surface area (Å²) in [4.78, 5) is 16.3. The van der Waals surface area contributed by atoms with E-state index in [1.165, 1.54) is 6.92 Å². The van der Waals surface area contributed by atoms with Gasteiger partial charge in [0, 0.05) is 18.6 Å². The van der Waals surface area contributed by atoms with Gasteiger partial charge in [-0.05, 0) is 32.4 Å². The summed E-state index contributed by atoms with van der Waals surface area (Å²) < 4.78 is 27.8. The van der Waals surface area contributed by atoms with Gasteiger partial charge in [0.25, 0.3) is 11.5 Å². The first-order chi connectivity index (χ1) is 9.61. The number of aromatic nitrogens is 3. The molecule has 0 saturated carbocycles. The average Bonchev–Trinajstić information content (AvgIpc) is 2.35. The largest absolute Gasteiger partial charge is 0.273 e. The van der Waals surface area contributed by atoms with Crippen LogP contribution in [-0.4, -0.2) is 14.8 Å². The van der Waals surface area contributed by atoms with Crippen molar-refractivity contribution < 1.29 is 8.78 Å². The van der Waals surface area contributed by atoms with Gasteiger partial charge in [-0.2, -0.15) is 9.78 Å². The first kappa shape index (κ1) is 15.6. The monoisotopic (exact) mass is 313 g/mol. The molecule has 4 nitrogen and oxygen atoms in total. The summed E-state index contributed by atoms with van der Waals surface area (Å²) >= 11 is 5.96. The van der Waals surface area contributed by atoms with Crippen LogP contribution in [0.15, 0.2) is 16.9 Å². The molecule has 0 fully saturated rings. The van der Waals surface area contributed by atoms with Gasteiger partial charge in [-0.25, -0.2) is 13.8 Å². The molecule has 0 aliphatic carbocycles. The molecule has 0 aliphatic rings. The summed E-state index contributed by atoms with van der Waals surface area (Å²) in [6, 6.07) is 2.55. The summed E-state index contributed by atoms with van der Waals surface area (Å²) in [5, 5.41) is 4.43. The minimum atomic E-state index is -3.12. The lowest BCUT2D eigenvalue weighted by molar-refractivity contribution is 0.0160. The quantitative estimate of drug-likeness (QED) is 0.854. The van der Waals surface area contributed by atoms with Gasteiger partial charge in [-0.15, -0.1) is 0 Å². The highest BCUT2D eigenvalue weighted by molar-refractivity contribution is 6.31. The van der Waals surface area contributed by atoms with Crippen LogP contribution in [0.2, 0.25) is 5.02 Å². The molecule has 2 rings (SSSR count). The zero-order valence-corrected chi connectivity index (χ0v) is 12.8. The summed E-state index contributed by atoms with van der Waals surface area (Å²) in [6.45, 7) is 5.58. The standard InChI is InChI=1S/C14H14ClF2N3O/c1-7-5-11(15)9(3)18-13(7)20-12(21)6-10(8(2)19-20)14(4,16)17/h5-6H,1-4H3. The van der Waals surface area contributed by atoms with Crippen LogP contribution in [-0.2, 0) is 5.92 Å². The lowest BCUT2D eigenvalue weighted by Crippen LogP contribution is -2.27. The maximum atomic E-state index is 13.4. The first-order valence-electron chi connectivity index (χ1n) is 6.24. The van der Waals surface area contributed by atoms with E-state index >= 15 is 0 Å². The summed E-state index contributed by atoms with van der Waals surface area (Å²) in [6.07, 6.45) is 0. The van der Waals surface area contributed by atoms with Crippen molar-refractivity contribution in [3.05, 3.63) is 50.0 Å². The van der Waals surface area contributed by atoms with Gasteiger partial charge in [0.15, 0.2) is 5.82 Å². The molecule has 2 aromatic rings. The zero-order valence-electron chi connectivity index (χ0n) is 12.0. The predicted molar refractivity (Wildman–Crippen MR) is 76.4 cm³/mol. The fourth-order valence-electron chi connectivity index (χ4n) is 2.01. The molecule has 0 atom stereocenters. The topological polar surface area (TPSA) is 47.8 Å². The summed E-state index contributed by atoms with van der Waals surface area (Å²) in [7, 11) is 0. The molecule has 0 N–H and O–H groups in total. The van der Waals surface area contributed by atoms with Crippen molar-refractivity contribution in [3.8, 4) is 5.82 Å². The third-order valence-corrected chi connectivity index (χ3v) is 3.49. The zero-order chi connectivity index (χ0) is 15.9. The molecular weight excluding hydrogens is 300 g/mol. The van der Waals surface area contributed by atoms with Crippen LogP contribution in [0.1, 0.15) is 29.4 Å². The molecule has 0 aromatic carbocycles. The van der Waals surface area contributed by atoms with Crippen LogP contribution in [0, 0.1) is 20.8 Å². The normalized spacial score (nSPS) is 11.8. The molecular formula is C14H14ClF2N3O. The molecule has 2 heterocycles. The van der Waals surface area contributed by atoms with Crippen molar-refractivity contribution in [1.29, 1.82) is 0 Å². The van der Waals surface area contributed by atoms with Gasteiger partial charge in [-0.3, -0.25) is 4.79 Å². The number of hydrogen-bond donors (Lipinski definition) is 0. The van der Waals surface area contributed by atoms with E-state index < -0.39 is 11.5 Å². The molecule has 21 heavy (non-hydrogen) atoms. The average molecular weight is 314 g/mol. The predicted octanol–water partition coefficient (Wildman–Crippen LogP) is 3.32. The third kappa shape index (κ3) is 2.95. The Morgan fingerprint density at radius 2 is 1.81 bits per heavy atom. The highest BCUT2D eigenvalue weighted by Gasteiger charge is 2.28. The van der Waals surface area contributed by atoms with E-state index in [9.17, 15) is 13.6 Å². The Morgan fingerprint density at radius 1 is 1.19 bits per heavy atom. The number of alkyl halides is 2. The number of pyridine rings is 1. The van der Waals surface area contributed by atoms with Gasteiger partial charge >= 0.3 is 0 Å². The second-order valence-electron chi connectivity index (χ2n) is 4.98. The maximum absolute atomic E-state index is 13.4. The van der Waals surface area contributed by atoms with Crippen molar-refractivity contribution in [3.63, 3.8) is 0 Å². The molecule has 112 valence electrons. The fraction of sp³-hybridized carbons (Fsp3) is 0.357. The molecule has 7 heteroatoms. The number of rotatable bonds is 2. The Kier molecular flexibility index (Phi) is 3.84. The van der Waals surface area contributed by atoms with Gasteiger partial charge in [0.05, 0.1) is 16.4 Å². The van der Waals surface area contributed by atoms with Crippen molar-refractivity contribution in [2.75, 3.05) is 0 Å². The molecule has 2 aromatic heterocycles. The maximum Gasteiger partial charge on any atom is 0.273 e. The smallest absolute Gasteiger partial charge is 0.267 e. The molecule has 0 spiro atoms. The molecule has 0 radical (unpaired) electrons. The second kappa shape index (κ2) is 5.18. The molecule has 0 bridgehead atoms. The van der Waals surface area contributed by atoms with E-state index in [0.29, 0.717) is 16.3 Å². The fourth-order valence-corrected chi connectivity index (χ4v) is 2.22. The van der Waals surface area contributed by atoms with E-state index in [4.69, 9.17) is 11.6 Å².